The van der Waals surface area contributed by atoms with Crippen LogP contribution < -0.4 is 4.72 Å². The van der Waals surface area contributed by atoms with Crippen molar-refractivity contribution >= 4 is 50.5 Å². The summed E-state index contributed by atoms with van der Waals surface area (Å²) in [5.41, 5.74) is 0.0979. The third-order valence-corrected chi connectivity index (χ3v) is 4.24. The first kappa shape index (κ1) is 14.3. The number of para-hydroxylation sites is 1. The lowest BCUT2D eigenvalue weighted by atomic mass is 10.3. The zero-order valence-electron chi connectivity index (χ0n) is 9.14. The average Bonchev–Trinajstić information content (AvgIpc) is 2.35. The van der Waals surface area contributed by atoms with Crippen molar-refractivity contribution in [2.24, 2.45) is 0 Å². The van der Waals surface area contributed by atoms with E-state index in [4.69, 9.17) is 34.8 Å². The van der Waals surface area contributed by atoms with Crippen molar-refractivity contribution in [1.82, 2.24) is 9.97 Å². The topological polar surface area (TPSA) is 72.0 Å². The Bertz CT molecular complexity index is 684. The van der Waals surface area contributed by atoms with Gasteiger partial charge in [-0.2, -0.15) is 0 Å². The van der Waals surface area contributed by atoms with Gasteiger partial charge in [0, 0.05) is 0 Å². The fraction of sp³-hybridized carbons (Fsp3) is 0. The van der Waals surface area contributed by atoms with E-state index in [0.29, 0.717) is 0 Å². The highest BCUT2D eigenvalue weighted by Crippen LogP contribution is 2.31. The van der Waals surface area contributed by atoms with Crippen molar-refractivity contribution in [2.75, 3.05) is 4.72 Å². The lowest BCUT2D eigenvalue weighted by Crippen LogP contribution is -2.14. The molecule has 0 bridgehead atoms. The summed E-state index contributed by atoms with van der Waals surface area (Å²) < 4.78 is 26.4. The summed E-state index contributed by atoms with van der Waals surface area (Å²) >= 11 is 17.3. The normalized spacial score (nSPS) is 11.3. The van der Waals surface area contributed by atoms with Gasteiger partial charge in [-0.05, 0) is 23.7 Å². The van der Waals surface area contributed by atoms with Crippen LogP contribution in [0.2, 0.25) is 15.3 Å². The van der Waals surface area contributed by atoms with E-state index in [1.165, 1.54) is 12.1 Å². The van der Waals surface area contributed by atoms with Gasteiger partial charge in [-0.1, -0.05) is 29.3 Å². The fourth-order valence-corrected chi connectivity index (χ4v) is 2.92. The molecule has 0 saturated carbocycles. The molecule has 19 heavy (non-hydrogen) atoms. The zero-order chi connectivity index (χ0) is 14.0. The van der Waals surface area contributed by atoms with E-state index in [9.17, 15) is 8.42 Å². The van der Waals surface area contributed by atoms with Crippen LogP contribution in [-0.2, 0) is 10.0 Å². The maximum atomic E-state index is 12.1. The van der Waals surface area contributed by atoms with Gasteiger partial charge in [0.15, 0.2) is 0 Å². The molecule has 0 unspecified atom stereocenters. The molecule has 0 aliphatic heterocycles. The summed E-state index contributed by atoms with van der Waals surface area (Å²) in [6.07, 6.45) is 2.17. The van der Waals surface area contributed by atoms with Crippen LogP contribution in [0.15, 0.2) is 35.5 Å². The van der Waals surface area contributed by atoms with E-state index in [2.05, 4.69) is 14.7 Å². The van der Waals surface area contributed by atoms with Gasteiger partial charge in [-0.25, -0.2) is 18.4 Å². The van der Waals surface area contributed by atoms with Crippen LogP contribution in [0.4, 0.5) is 5.69 Å². The van der Waals surface area contributed by atoms with Crippen LogP contribution in [0.5, 0.6) is 0 Å². The molecular formula is C10H6Cl3N3O2S. The van der Waals surface area contributed by atoms with Crippen LogP contribution in [0.25, 0.3) is 0 Å². The molecule has 2 aromatic rings. The van der Waals surface area contributed by atoms with Crippen molar-refractivity contribution in [3.05, 3.63) is 45.9 Å². The summed E-state index contributed by atoms with van der Waals surface area (Å²) in [4.78, 5) is 7.06. The molecule has 0 spiro atoms. The number of hydrogen-bond donors (Lipinski definition) is 1. The number of rotatable bonds is 3. The van der Waals surface area contributed by atoms with Crippen molar-refractivity contribution in [3.8, 4) is 0 Å². The summed E-state index contributed by atoms with van der Waals surface area (Å²) in [6.45, 7) is 0. The van der Waals surface area contributed by atoms with Gasteiger partial charge in [0.25, 0.3) is 10.0 Å². The number of anilines is 1. The molecule has 0 fully saturated rings. The van der Waals surface area contributed by atoms with Crippen molar-refractivity contribution in [3.63, 3.8) is 0 Å². The van der Waals surface area contributed by atoms with Gasteiger partial charge in [0.05, 0.1) is 28.1 Å². The first-order valence-corrected chi connectivity index (χ1v) is 7.46. The van der Waals surface area contributed by atoms with Gasteiger partial charge < -0.3 is 0 Å². The molecule has 1 heterocycles. The maximum Gasteiger partial charge on any atom is 0.265 e. The van der Waals surface area contributed by atoms with Gasteiger partial charge in [0.1, 0.15) is 4.90 Å². The highest BCUT2D eigenvalue weighted by atomic mass is 35.5. The molecule has 0 aliphatic carbocycles. The Hall–Kier alpha value is -1.08. The Balaban J connectivity index is 2.39. The number of halogens is 3. The number of sulfonamides is 1. The van der Waals surface area contributed by atoms with Gasteiger partial charge in [0.2, 0.25) is 5.28 Å². The predicted molar refractivity (Wildman–Crippen MR) is 74.3 cm³/mol. The van der Waals surface area contributed by atoms with E-state index in [1.807, 2.05) is 0 Å². The quantitative estimate of drug-likeness (QED) is 0.872. The number of aromatic nitrogens is 2. The van der Waals surface area contributed by atoms with Crippen LogP contribution in [-0.4, -0.2) is 18.4 Å². The molecule has 0 saturated heterocycles. The molecular weight excluding hydrogens is 333 g/mol. The Morgan fingerprint density at radius 3 is 2.05 bits per heavy atom. The summed E-state index contributed by atoms with van der Waals surface area (Å²) in [5, 5.41) is 0.326. The predicted octanol–water partition coefficient (Wildman–Crippen LogP) is 3.24. The van der Waals surface area contributed by atoms with Crippen molar-refractivity contribution < 1.29 is 8.42 Å². The van der Waals surface area contributed by atoms with Gasteiger partial charge in [-0.3, -0.25) is 4.72 Å². The van der Waals surface area contributed by atoms with E-state index >= 15 is 0 Å². The molecule has 9 heteroatoms. The second-order valence-electron chi connectivity index (χ2n) is 3.39. The van der Waals surface area contributed by atoms with Crippen LogP contribution in [0, 0.1) is 0 Å². The minimum atomic E-state index is -3.88. The molecule has 0 amide bonds. The first-order chi connectivity index (χ1) is 8.90. The van der Waals surface area contributed by atoms with Gasteiger partial charge in [-0.15, -0.1) is 0 Å². The summed E-state index contributed by atoms with van der Waals surface area (Å²) in [6, 6.07) is 4.64. The third-order valence-electron chi connectivity index (χ3n) is 2.11. The monoisotopic (exact) mass is 337 g/mol. The Kier molecular flexibility index (Phi) is 4.15. The number of nitrogens with zero attached hydrogens (tertiary/aromatic N) is 2. The van der Waals surface area contributed by atoms with Crippen LogP contribution in [0.3, 0.4) is 0 Å². The summed E-state index contributed by atoms with van der Waals surface area (Å²) in [7, 11) is -3.88. The zero-order valence-corrected chi connectivity index (χ0v) is 12.2. The molecule has 1 aromatic heterocycles. The first-order valence-electron chi connectivity index (χ1n) is 4.84. The van der Waals surface area contributed by atoms with E-state index in [-0.39, 0.29) is 25.9 Å². The molecule has 0 aliphatic rings. The standard InChI is InChI=1S/C10H6Cl3N3O2S/c11-7-2-1-3-8(12)9(7)16-19(17,18)6-4-14-10(13)15-5-6/h1-5,16H. The maximum absolute atomic E-state index is 12.1. The van der Waals surface area contributed by atoms with E-state index < -0.39 is 10.0 Å². The van der Waals surface area contributed by atoms with Crippen molar-refractivity contribution in [1.29, 1.82) is 0 Å². The van der Waals surface area contributed by atoms with Gasteiger partial charge >= 0.3 is 0 Å². The molecule has 100 valence electrons. The second kappa shape index (κ2) is 5.50. The molecule has 1 aromatic carbocycles. The Morgan fingerprint density at radius 2 is 1.53 bits per heavy atom. The minimum Gasteiger partial charge on any atom is -0.276 e. The SMILES string of the molecule is O=S(=O)(Nc1c(Cl)cccc1Cl)c1cnc(Cl)nc1. The largest absolute Gasteiger partial charge is 0.276 e. The number of hydrogen-bond acceptors (Lipinski definition) is 4. The molecule has 1 N–H and O–H groups in total. The second-order valence-corrected chi connectivity index (χ2v) is 6.22. The Morgan fingerprint density at radius 1 is 1.00 bits per heavy atom. The van der Waals surface area contributed by atoms with E-state index in [0.717, 1.165) is 12.4 Å². The highest BCUT2D eigenvalue weighted by Gasteiger charge is 2.18. The molecule has 0 atom stereocenters. The molecule has 0 radical (unpaired) electrons. The number of nitrogens with one attached hydrogen (secondary N) is 1. The third kappa shape index (κ3) is 3.27. The van der Waals surface area contributed by atoms with Crippen LogP contribution in [0.1, 0.15) is 0 Å². The lowest BCUT2D eigenvalue weighted by molar-refractivity contribution is 0.600. The molecule has 5 nitrogen and oxygen atoms in total. The smallest absolute Gasteiger partial charge is 0.265 e. The lowest BCUT2D eigenvalue weighted by Gasteiger charge is -2.10. The summed E-state index contributed by atoms with van der Waals surface area (Å²) in [5.74, 6) is 0. The average molecular weight is 339 g/mol. The highest BCUT2D eigenvalue weighted by molar-refractivity contribution is 7.92. The molecule has 2 rings (SSSR count). The van der Waals surface area contributed by atoms with Crippen molar-refractivity contribution in [2.45, 2.75) is 4.90 Å². The minimum absolute atomic E-state index is 0.0466. The number of benzene rings is 1. The Labute approximate surface area is 124 Å². The fourth-order valence-electron chi connectivity index (χ4n) is 1.23. The van der Waals surface area contributed by atoms with E-state index in [1.54, 1.807) is 6.07 Å². The van der Waals surface area contributed by atoms with Crippen LogP contribution >= 0.6 is 34.8 Å².